The number of rotatable bonds is 1. The van der Waals surface area contributed by atoms with Crippen molar-refractivity contribution in [3.63, 3.8) is 0 Å². The number of halogens is 1. The van der Waals surface area contributed by atoms with Crippen molar-refractivity contribution in [2.75, 3.05) is 0 Å². The van der Waals surface area contributed by atoms with Gasteiger partial charge < -0.3 is 0 Å². The van der Waals surface area contributed by atoms with Crippen molar-refractivity contribution in [1.29, 1.82) is 0 Å². The summed E-state index contributed by atoms with van der Waals surface area (Å²) >= 11 is 6.38. The molecule has 6 heteroatoms. The molecule has 0 N–H and O–H groups in total. The predicted octanol–water partition coefficient (Wildman–Crippen LogP) is 3.15. The van der Waals surface area contributed by atoms with E-state index in [0.29, 0.717) is 16.4 Å². The summed E-state index contributed by atoms with van der Waals surface area (Å²) in [6.07, 6.45) is 0. The molecule has 2 aromatic carbocycles. The van der Waals surface area contributed by atoms with Crippen LogP contribution in [-0.2, 0) is 7.05 Å². The Morgan fingerprint density at radius 2 is 1.80 bits per heavy atom. The largest absolute Gasteiger partial charge is 0.352 e. The topological polar surface area (TPSA) is 56.9 Å². The van der Waals surface area contributed by atoms with Crippen molar-refractivity contribution < 1.29 is 0 Å². The van der Waals surface area contributed by atoms with Crippen LogP contribution >= 0.6 is 11.6 Å². The van der Waals surface area contributed by atoms with Gasteiger partial charge in [0.2, 0.25) is 0 Å². The van der Waals surface area contributed by atoms with E-state index >= 15 is 0 Å². The standard InChI is InChI=1S/C19H14ClN3O2/c1-11-6-3-4-8-15(11)23-16-9-5-7-14(20)12(16)10-13-17(23)21-19(25)22(2)18(13)24/h3-10H,1-2H3. The monoisotopic (exact) mass is 351 g/mol. The number of benzene rings is 2. The second kappa shape index (κ2) is 5.57. The first-order valence-electron chi connectivity index (χ1n) is 7.76. The van der Waals surface area contributed by atoms with Crippen molar-refractivity contribution in [2.45, 2.75) is 6.92 Å². The summed E-state index contributed by atoms with van der Waals surface area (Å²) in [4.78, 5) is 28.9. The molecular formula is C19H14ClN3O2. The Morgan fingerprint density at radius 1 is 1.04 bits per heavy atom. The van der Waals surface area contributed by atoms with Crippen LogP contribution in [0.3, 0.4) is 0 Å². The molecule has 0 spiro atoms. The predicted molar refractivity (Wildman–Crippen MR) is 99.0 cm³/mol. The van der Waals surface area contributed by atoms with Gasteiger partial charge in [0.15, 0.2) is 5.82 Å². The van der Waals surface area contributed by atoms with E-state index in [1.54, 1.807) is 12.1 Å². The van der Waals surface area contributed by atoms with Crippen molar-refractivity contribution >= 4 is 22.5 Å². The molecule has 2 aliphatic rings. The van der Waals surface area contributed by atoms with E-state index in [1.807, 2.05) is 47.9 Å². The van der Waals surface area contributed by atoms with Gasteiger partial charge in [0.1, 0.15) is 0 Å². The van der Waals surface area contributed by atoms with Crippen LogP contribution < -0.4 is 11.2 Å². The zero-order valence-corrected chi connectivity index (χ0v) is 14.4. The maximum Gasteiger partial charge on any atom is 0.352 e. The van der Waals surface area contributed by atoms with Crippen molar-refractivity contribution in [3.05, 3.63) is 80.0 Å². The number of pyridine rings is 1. The highest BCUT2D eigenvalue weighted by atomic mass is 35.5. The third-order valence-corrected chi connectivity index (χ3v) is 4.72. The Bertz CT molecular complexity index is 1220. The summed E-state index contributed by atoms with van der Waals surface area (Å²) in [5, 5.41) is 1.27. The van der Waals surface area contributed by atoms with Gasteiger partial charge in [-0.05, 0) is 36.8 Å². The summed E-state index contributed by atoms with van der Waals surface area (Å²) in [6, 6.07) is 15.0. The first-order valence-corrected chi connectivity index (χ1v) is 8.14. The van der Waals surface area contributed by atoms with Crippen LogP contribution in [0.1, 0.15) is 5.56 Å². The molecule has 0 radical (unpaired) electrons. The van der Waals surface area contributed by atoms with E-state index in [4.69, 9.17) is 11.6 Å². The number of aryl methyl sites for hydroxylation is 1. The summed E-state index contributed by atoms with van der Waals surface area (Å²) in [7, 11) is 1.42. The zero-order chi connectivity index (χ0) is 17.7. The Kier molecular flexibility index (Phi) is 3.47. The first kappa shape index (κ1) is 15.6. The van der Waals surface area contributed by atoms with Gasteiger partial charge >= 0.3 is 5.69 Å². The molecule has 0 saturated carbocycles. The van der Waals surface area contributed by atoms with Crippen LogP contribution in [0.5, 0.6) is 0 Å². The van der Waals surface area contributed by atoms with Crippen molar-refractivity contribution in [3.8, 4) is 17.1 Å². The second-order valence-electron chi connectivity index (χ2n) is 5.93. The zero-order valence-electron chi connectivity index (χ0n) is 13.7. The van der Waals surface area contributed by atoms with Crippen LogP contribution in [0.2, 0.25) is 5.02 Å². The highest BCUT2D eigenvalue weighted by molar-refractivity contribution is 6.35. The van der Waals surface area contributed by atoms with E-state index in [9.17, 15) is 9.59 Å². The second-order valence-corrected chi connectivity index (χ2v) is 6.34. The Labute approximate surface area is 148 Å². The van der Waals surface area contributed by atoms with Gasteiger partial charge in [0, 0.05) is 17.5 Å². The minimum atomic E-state index is -0.582. The third-order valence-electron chi connectivity index (χ3n) is 4.39. The maximum atomic E-state index is 12.6. The molecule has 0 bridgehead atoms. The smallest absolute Gasteiger partial charge is 0.293 e. The maximum absolute atomic E-state index is 12.6. The number of nitrogens with zero attached hydrogens (tertiary/aromatic N) is 3. The van der Waals surface area contributed by atoms with Crippen LogP contribution in [0.25, 0.3) is 28.0 Å². The highest BCUT2D eigenvalue weighted by Crippen LogP contribution is 2.32. The van der Waals surface area contributed by atoms with Crippen LogP contribution in [0.15, 0.2) is 58.1 Å². The Morgan fingerprint density at radius 3 is 2.56 bits per heavy atom. The van der Waals surface area contributed by atoms with Crippen molar-refractivity contribution in [1.82, 2.24) is 14.1 Å². The molecule has 0 aromatic heterocycles. The van der Waals surface area contributed by atoms with Gasteiger partial charge in [-0.2, -0.15) is 4.98 Å². The molecule has 2 heterocycles. The average molecular weight is 352 g/mol. The third kappa shape index (κ3) is 2.27. The Balaban J connectivity index is 2.33. The molecular weight excluding hydrogens is 338 g/mol. The van der Waals surface area contributed by atoms with Gasteiger partial charge in [-0.15, -0.1) is 0 Å². The molecule has 0 fully saturated rings. The van der Waals surface area contributed by atoms with E-state index in [0.717, 1.165) is 26.7 Å². The fourth-order valence-corrected chi connectivity index (χ4v) is 3.29. The van der Waals surface area contributed by atoms with Crippen LogP contribution in [-0.4, -0.2) is 14.1 Å². The van der Waals surface area contributed by atoms with E-state index in [2.05, 4.69) is 4.98 Å². The molecule has 0 atom stereocenters. The number of aromatic nitrogens is 3. The number of fused-ring (bicyclic) bond motifs is 2. The fraction of sp³-hybridized carbons (Fsp3) is 0.105. The molecule has 25 heavy (non-hydrogen) atoms. The molecule has 0 aliphatic carbocycles. The lowest BCUT2D eigenvalue weighted by molar-refractivity contribution is 0.766. The molecule has 0 saturated heterocycles. The van der Waals surface area contributed by atoms with Gasteiger partial charge in [-0.1, -0.05) is 35.9 Å². The number of hydrogen-bond donors (Lipinski definition) is 0. The van der Waals surface area contributed by atoms with Crippen LogP contribution in [0, 0.1) is 6.92 Å². The minimum Gasteiger partial charge on any atom is -0.293 e. The number of para-hydroxylation sites is 1. The highest BCUT2D eigenvalue weighted by Gasteiger charge is 2.21. The molecule has 2 aliphatic heterocycles. The van der Waals surface area contributed by atoms with Gasteiger partial charge in [-0.25, -0.2) is 4.79 Å². The summed E-state index contributed by atoms with van der Waals surface area (Å²) in [5.74, 6) is 0.331. The van der Waals surface area contributed by atoms with Gasteiger partial charge in [-0.3, -0.25) is 13.9 Å². The molecule has 0 unspecified atom stereocenters. The summed E-state index contributed by atoms with van der Waals surface area (Å²) < 4.78 is 2.84. The van der Waals surface area contributed by atoms with Gasteiger partial charge in [0.25, 0.3) is 5.56 Å². The lowest BCUT2D eigenvalue weighted by Gasteiger charge is -2.20. The van der Waals surface area contributed by atoms with E-state index in [-0.39, 0.29) is 5.56 Å². The number of hydrogen-bond acceptors (Lipinski definition) is 3. The van der Waals surface area contributed by atoms with Gasteiger partial charge in [0.05, 0.1) is 16.8 Å². The quantitative estimate of drug-likeness (QED) is 0.495. The lowest BCUT2D eigenvalue weighted by atomic mass is 10.1. The normalized spacial score (nSPS) is 11.3. The molecule has 4 rings (SSSR count). The Hall–Kier alpha value is -2.92. The molecule has 124 valence electrons. The lowest BCUT2D eigenvalue weighted by Crippen LogP contribution is -2.35. The molecule has 5 nitrogen and oxygen atoms in total. The molecule has 2 aromatic rings. The first-order chi connectivity index (χ1) is 12.0. The van der Waals surface area contributed by atoms with Crippen molar-refractivity contribution in [2.24, 2.45) is 7.05 Å². The summed E-state index contributed by atoms with van der Waals surface area (Å²) in [5.41, 5.74) is 2.01. The SMILES string of the molecule is Cc1ccccc1-n1c2nc(=O)n(C)c(=O)c-2cc2c(Cl)cccc21. The van der Waals surface area contributed by atoms with Crippen LogP contribution in [0.4, 0.5) is 0 Å². The average Bonchev–Trinajstić information content (AvgIpc) is 2.60. The molecule has 0 amide bonds. The summed E-state index contributed by atoms with van der Waals surface area (Å²) in [6.45, 7) is 1.97. The van der Waals surface area contributed by atoms with E-state index < -0.39 is 5.69 Å². The fourth-order valence-electron chi connectivity index (χ4n) is 3.07. The van der Waals surface area contributed by atoms with E-state index in [1.165, 1.54) is 7.05 Å². The minimum absolute atomic E-state index is 0.331.